The summed E-state index contributed by atoms with van der Waals surface area (Å²) in [7, 11) is 4.16. The van der Waals surface area contributed by atoms with Crippen LogP contribution < -0.4 is 0 Å². The number of carbonyl (C=O) groups excluding carboxylic acids is 1. The molecule has 5 nitrogen and oxygen atoms in total. The summed E-state index contributed by atoms with van der Waals surface area (Å²) < 4.78 is 0. The monoisotopic (exact) mass is 474 g/mol. The van der Waals surface area contributed by atoms with Crippen LogP contribution >= 0.6 is 11.6 Å². The standard InChI is InChI=1S/C27H39ClN2O3/c1-26(2,3)12-8-20-6-7-21(16-23(20)28)27-13-9-19(10-14-29(4)5)22(27)18-30(24(31)17-27)15-11-25(32)33/h6-7,16,18-19H,8-15,17H2,1-5H3,(H,32,33). The lowest BCUT2D eigenvalue weighted by Crippen LogP contribution is -2.42. The highest BCUT2D eigenvalue weighted by Crippen LogP contribution is 2.54. The van der Waals surface area contributed by atoms with E-state index in [4.69, 9.17) is 16.7 Å². The molecule has 0 aromatic heterocycles. The van der Waals surface area contributed by atoms with Crippen LogP contribution in [0.1, 0.15) is 70.4 Å². The Bertz CT molecular complexity index is 918. The Kier molecular flexibility index (Phi) is 7.95. The number of hydrogen-bond acceptors (Lipinski definition) is 3. The third-order valence-corrected chi connectivity index (χ3v) is 7.57. The predicted molar refractivity (Wildman–Crippen MR) is 133 cm³/mol. The number of benzene rings is 1. The first-order valence-corrected chi connectivity index (χ1v) is 12.5. The largest absolute Gasteiger partial charge is 0.481 e. The first-order chi connectivity index (χ1) is 15.4. The normalized spacial score (nSPS) is 23.1. The first kappa shape index (κ1) is 25.8. The first-order valence-electron chi connectivity index (χ1n) is 12.1. The average molecular weight is 475 g/mol. The number of nitrogens with zero attached hydrogens (tertiary/aromatic N) is 2. The minimum Gasteiger partial charge on any atom is -0.481 e. The van der Waals surface area contributed by atoms with Gasteiger partial charge in [0.15, 0.2) is 0 Å². The molecule has 1 aliphatic heterocycles. The lowest BCUT2D eigenvalue weighted by atomic mass is 9.70. The van der Waals surface area contributed by atoms with Gasteiger partial charge in [0, 0.05) is 29.6 Å². The Hall–Kier alpha value is -1.85. The number of amides is 1. The van der Waals surface area contributed by atoms with Crippen molar-refractivity contribution in [3.63, 3.8) is 0 Å². The van der Waals surface area contributed by atoms with Crippen molar-refractivity contribution >= 4 is 23.5 Å². The van der Waals surface area contributed by atoms with Gasteiger partial charge in [-0.15, -0.1) is 0 Å². The van der Waals surface area contributed by atoms with E-state index >= 15 is 0 Å². The SMILES string of the molecule is CN(C)CCC1CCC2(c3ccc(CCC(C)(C)C)c(Cl)c3)CC(=O)N(CCC(=O)O)C=C12. The number of aliphatic carboxylic acids is 1. The van der Waals surface area contributed by atoms with E-state index < -0.39 is 5.97 Å². The van der Waals surface area contributed by atoms with Crippen LogP contribution in [0.5, 0.6) is 0 Å². The predicted octanol–water partition coefficient (Wildman–Crippen LogP) is 5.51. The lowest BCUT2D eigenvalue weighted by molar-refractivity contribution is -0.138. The third kappa shape index (κ3) is 6.19. The van der Waals surface area contributed by atoms with E-state index in [1.165, 1.54) is 5.57 Å². The number of fused-ring (bicyclic) bond motifs is 1. The molecule has 1 fully saturated rings. The summed E-state index contributed by atoms with van der Waals surface area (Å²) in [5.74, 6) is -0.500. The van der Waals surface area contributed by atoms with Crippen molar-refractivity contribution in [2.75, 3.05) is 27.2 Å². The second-order valence-corrected chi connectivity index (χ2v) is 11.7. The van der Waals surface area contributed by atoms with Crippen molar-refractivity contribution in [3.05, 3.63) is 46.1 Å². The van der Waals surface area contributed by atoms with Gasteiger partial charge >= 0.3 is 5.97 Å². The Morgan fingerprint density at radius 1 is 1.30 bits per heavy atom. The van der Waals surface area contributed by atoms with E-state index in [9.17, 15) is 9.59 Å². The number of carboxylic acid groups (broad SMARTS) is 1. The van der Waals surface area contributed by atoms with Crippen molar-refractivity contribution in [2.45, 2.75) is 71.1 Å². The molecular formula is C27H39ClN2O3. The molecule has 0 bridgehead atoms. The number of halogens is 1. The molecule has 1 aliphatic carbocycles. The highest BCUT2D eigenvalue weighted by atomic mass is 35.5. The summed E-state index contributed by atoms with van der Waals surface area (Å²) >= 11 is 6.77. The molecule has 1 heterocycles. The van der Waals surface area contributed by atoms with E-state index in [1.54, 1.807) is 4.90 Å². The second kappa shape index (κ2) is 10.2. The molecule has 1 aromatic rings. The highest BCUT2D eigenvalue weighted by molar-refractivity contribution is 6.31. The van der Waals surface area contributed by atoms with Gasteiger partial charge < -0.3 is 14.9 Å². The van der Waals surface area contributed by atoms with Gasteiger partial charge in [0.2, 0.25) is 5.91 Å². The van der Waals surface area contributed by atoms with Crippen LogP contribution in [0.15, 0.2) is 30.0 Å². The number of carbonyl (C=O) groups is 2. The number of carboxylic acids is 1. The van der Waals surface area contributed by atoms with Gasteiger partial charge in [-0.1, -0.05) is 44.5 Å². The van der Waals surface area contributed by atoms with Crippen LogP contribution in [-0.4, -0.2) is 54.0 Å². The van der Waals surface area contributed by atoms with Crippen molar-refractivity contribution in [1.82, 2.24) is 9.80 Å². The minimum absolute atomic E-state index is 0.00110. The molecule has 1 saturated carbocycles. The second-order valence-electron chi connectivity index (χ2n) is 11.3. The molecule has 0 radical (unpaired) electrons. The number of rotatable bonds is 9. The van der Waals surface area contributed by atoms with Crippen LogP contribution in [0.2, 0.25) is 5.02 Å². The smallest absolute Gasteiger partial charge is 0.305 e. The van der Waals surface area contributed by atoms with Gasteiger partial charge in [-0.05, 0) is 86.8 Å². The van der Waals surface area contributed by atoms with Gasteiger partial charge in [0.25, 0.3) is 0 Å². The van der Waals surface area contributed by atoms with Crippen LogP contribution in [0.4, 0.5) is 0 Å². The summed E-state index contributed by atoms with van der Waals surface area (Å²) in [6, 6.07) is 6.40. The number of aryl methyl sites for hydroxylation is 1. The molecule has 6 heteroatoms. The summed E-state index contributed by atoms with van der Waals surface area (Å²) in [5, 5.41) is 9.90. The molecule has 3 rings (SSSR count). The summed E-state index contributed by atoms with van der Waals surface area (Å²) in [6.45, 7) is 7.92. The van der Waals surface area contributed by atoms with Gasteiger partial charge in [-0.2, -0.15) is 0 Å². The quantitative estimate of drug-likeness (QED) is 0.512. The molecule has 2 unspecified atom stereocenters. The average Bonchev–Trinajstić information content (AvgIpc) is 3.07. The summed E-state index contributed by atoms with van der Waals surface area (Å²) in [6.07, 6.45) is 7.30. The summed E-state index contributed by atoms with van der Waals surface area (Å²) in [5.41, 5.74) is 3.46. The zero-order chi connectivity index (χ0) is 24.4. The molecule has 0 spiro atoms. The Morgan fingerprint density at radius 2 is 2.03 bits per heavy atom. The fourth-order valence-corrected chi connectivity index (χ4v) is 5.49. The van der Waals surface area contributed by atoms with Gasteiger partial charge in [-0.25, -0.2) is 0 Å². The van der Waals surface area contributed by atoms with Crippen molar-refractivity contribution in [3.8, 4) is 0 Å². The maximum Gasteiger partial charge on any atom is 0.305 e. The molecule has 182 valence electrons. The van der Waals surface area contributed by atoms with Crippen LogP contribution in [0.25, 0.3) is 0 Å². The van der Waals surface area contributed by atoms with Crippen LogP contribution in [-0.2, 0) is 21.4 Å². The molecule has 1 aromatic carbocycles. The van der Waals surface area contributed by atoms with Crippen molar-refractivity contribution < 1.29 is 14.7 Å². The molecule has 1 amide bonds. The fourth-order valence-electron chi connectivity index (χ4n) is 5.22. The Labute approximate surface area is 203 Å². The van der Waals surface area contributed by atoms with Crippen LogP contribution in [0.3, 0.4) is 0 Å². The lowest BCUT2D eigenvalue weighted by Gasteiger charge is -2.39. The Balaban J connectivity index is 1.94. The van der Waals surface area contributed by atoms with E-state index in [0.29, 0.717) is 12.3 Å². The van der Waals surface area contributed by atoms with Crippen LogP contribution in [0, 0.1) is 11.3 Å². The van der Waals surface area contributed by atoms with E-state index in [1.807, 2.05) is 6.20 Å². The maximum absolute atomic E-state index is 13.1. The number of allylic oxidation sites excluding steroid dienone is 1. The van der Waals surface area contributed by atoms with E-state index in [-0.39, 0.29) is 29.7 Å². The third-order valence-electron chi connectivity index (χ3n) is 7.22. The maximum atomic E-state index is 13.1. The zero-order valence-electron chi connectivity index (χ0n) is 20.8. The molecule has 1 N–H and O–H groups in total. The fraction of sp³-hybridized carbons (Fsp3) is 0.630. The highest BCUT2D eigenvalue weighted by Gasteiger charge is 2.49. The van der Waals surface area contributed by atoms with Gasteiger partial charge in [0.05, 0.1) is 6.42 Å². The zero-order valence-corrected chi connectivity index (χ0v) is 21.5. The summed E-state index contributed by atoms with van der Waals surface area (Å²) in [4.78, 5) is 28.0. The van der Waals surface area contributed by atoms with Gasteiger partial charge in [-0.3, -0.25) is 9.59 Å². The Morgan fingerprint density at radius 3 is 2.64 bits per heavy atom. The van der Waals surface area contributed by atoms with E-state index in [2.05, 4.69) is 58.0 Å². The molecule has 33 heavy (non-hydrogen) atoms. The number of hydrogen-bond donors (Lipinski definition) is 1. The minimum atomic E-state index is -0.883. The molecular weight excluding hydrogens is 436 g/mol. The molecule has 2 aliphatic rings. The van der Waals surface area contributed by atoms with Gasteiger partial charge in [0.1, 0.15) is 0 Å². The van der Waals surface area contributed by atoms with Crippen molar-refractivity contribution in [2.24, 2.45) is 11.3 Å². The van der Waals surface area contributed by atoms with E-state index in [0.717, 1.165) is 54.8 Å². The topological polar surface area (TPSA) is 60.9 Å². The van der Waals surface area contributed by atoms with Crippen molar-refractivity contribution in [1.29, 1.82) is 0 Å². The molecule has 0 saturated heterocycles. The molecule has 2 atom stereocenters.